The summed E-state index contributed by atoms with van der Waals surface area (Å²) in [5, 5.41) is 15.9. The maximum Gasteiger partial charge on any atom is 0.243 e. The number of sulfonamides is 1. The molecule has 0 radical (unpaired) electrons. The van der Waals surface area contributed by atoms with Gasteiger partial charge in [0.15, 0.2) is 0 Å². The number of aromatic nitrogens is 2. The van der Waals surface area contributed by atoms with Crippen molar-refractivity contribution >= 4 is 21.7 Å². The van der Waals surface area contributed by atoms with Crippen LogP contribution in [0, 0.1) is 11.3 Å². The van der Waals surface area contributed by atoms with E-state index in [-0.39, 0.29) is 17.5 Å². The molecule has 1 amide bonds. The van der Waals surface area contributed by atoms with E-state index >= 15 is 0 Å². The lowest BCUT2D eigenvalue weighted by Gasteiger charge is -2.18. The van der Waals surface area contributed by atoms with Crippen molar-refractivity contribution in [3.63, 3.8) is 0 Å². The number of carbonyl (C=O) groups is 1. The van der Waals surface area contributed by atoms with Crippen LogP contribution in [0.5, 0.6) is 0 Å². The number of nitrogens with one attached hydrogen (secondary N) is 1. The van der Waals surface area contributed by atoms with Gasteiger partial charge >= 0.3 is 0 Å². The Kier molecular flexibility index (Phi) is 5.58. The third kappa shape index (κ3) is 4.18. The minimum atomic E-state index is -3.82. The van der Waals surface area contributed by atoms with Gasteiger partial charge in [-0.2, -0.15) is 14.7 Å². The highest BCUT2D eigenvalue weighted by Crippen LogP contribution is 2.31. The van der Waals surface area contributed by atoms with Crippen LogP contribution < -0.4 is 5.32 Å². The number of hydrogen-bond acceptors (Lipinski definition) is 5. The van der Waals surface area contributed by atoms with E-state index in [0.717, 1.165) is 30.0 Å². The molecule has 9 heteroatoms. The van der Waals surface area contributed by atoms with E-state index in [0.29, 0.717) is 11.4 Å². The maximum atomic E-state index is 12.6. The summed E-state index contributed by atoms with van der Waals surface area (Å²) in [6.07, 6.45) is 5.97. The summed E-state index contributed by atoms with van der Waals surface area (Å²) in [6, 6.07) is 9.51. The fourth-order valence-corrected chi connectivity index (χ4v) is 4.33. The predicted octanol–water partition coefficient (Wildman–Crippen LogP) is 2.13. The highest BCUT2D eigenvalue weighted by atomic mass is 32.2. The second kappa shape index (κ2) is 7.90. The molecule has 0 unspecified atom stereocenters. The quantitative estimate of drug-likeness (QED) is 0.817. The first kappa shape index (κ1) is 19.1. The van der Waals surface area contributed by atoms with Crippen molar-refractivity contribution in [1.29, 1.82) is 5.26 Å². The Morgan fingerprint density at radius 1 is 1.30 bits per heavy atom. The molecule has 1 saturated carbocycles. The van der Waals surface area contributed by atoms with Gasteiger partial charge in [-0.1, -0.05) is 12.8 Å². The van der Waals surface area contributed by atoms with E-state index in [1.165, 1.54) is 31.3 Å². The largest absolute Gasteiger partial charge is 0.310 e. The average Bonchev–Trinajstić information content (AvgIpc) is 3.33. The number of nitriles is 1. The molecule has 2 aromatic rings. The molecule has 1 fully saturated rings. The van der Waals surface area contributed by atoms with Crippen LogP contribution in [0.15, 0.2) is 41.4 Å². The number of anilines is 1. The summed E-state index contributed by atoms with van der Waals surface area (Å²) >= 11 is 0. The van der Waals surface area contributed by atoms with Crippen molar-refractivity contribution in [2.24, 2.45) is 0 Å². The van der Waals surface area contributed by atoms with Crippen LogP contribution in [0.2, 0.25) is 0 Å². The smallest absolute Gasteiger partial charge is 0.243 e. The third-order valence-electron chi connectivity index (χ3n) is 4.67. The van der Waals surface area contributed by atoms with Gasteiger partial charge in [-0.05, 0) is 37.1 Å². The maximum absolute atomic E-state index is 12.6. The Morgan fingerprint density at radius 2 is 1.96 bits per heavy atom. The molecule has 1 aliphatic rings. The van der Waals surface area contributed by atoms with Crippen molar-refractivity contribution in [3.05, 3.63) is 42.1 Å². The zero-order valence-electron chi connectivity index (χ0n) is 15.0. The van der Waals surface area contributed by atoms with Crippen LogP contribution in [0.3, 0.4) is 0 Å². The molecule has 1 aromatic carbocycles. The molecule has 0 bridgehead atoms. The summed E-state index contributed by atoms with van der Waals surface area (Å²) in [5.74, 6) is 0.144. The van der Waals surface area contributed by atoms with Crippen LogP contribution >= 0.6 is 0 Å². The molecule has 3 rings (SSSR count). The molecular formula is C18H21N5O3S. The third-order valence-corrected chi connectivity index (χ3v) is 6.48. The molecule has 1 aromatic heterocycles. The normalized spacial score (nSPS) is 15.0. The van der Waals surface area contributed by atoms with Gasteiger partial charge in [0.2, 0.25) is 15.9 Å². The van der Waals surface area contributed by atoms with Gasteiger partial charge in [0, 0.05) is 13.1 Å². The van der Waals surface area contributed by atoms with Crippen LogP contribution in [0.25, 0.3) is 0 Å². The summed E-state index contributed by atoms with van der Waals surface area (Å²) in [5.41, 5.74) is 0.370. The number of nitrogens with zero attached hydrogens (tertiary/aromatic N) is 4. The van der Waals surface area contributed by atoms with E-state index in [1.807, 2.05) is 6.07 Å². The van der Waals surface area contributed by atoms with Gasteiger partial charge in [0.05, 0.1) is 35.3 Å². The fraction of sp³-hybridized carbons (Fsp3) is 0.389. The molecule has 0 aliphatic heterocycles. The van der Waals surface area contributed by atoms with E-state index in [9.17, 15) is 13.2 Å². The molecule has 1 heterocycles. The van der Waals surface area contributed by atoms with E-state index in [4.69, 9.17) is 5.26 Å². The van der Waals surface area contributed by atoms with Crippen molar-refractivity contribution in [1.82, 2.24) is 14.1 Å². The van der Waals surface area contributed by atoms with Crippen molar-refractivity contribution < 1.29 is 13.2 Å². The highest BCUT2D eigenvalue weighted by Gasteiger charge is 2.24. The number of likely N-dealkylation sites (N-methyl/N-ethyl adjacent to an activating group) is 1. The molecule has 0 spiro atoms. The number of carbonyl (C=O) groups excluding carboxylic acids is 1. The van der Waals surface area contributed by atoms with Crippen molar-refractivity contribution in [2.75, 3.05) is 18.9 Å². The van der Waals surface area contributed by atoms with E-state index < -0.39 is 15.9 Å². The van der Waals surface area contributed by atoms with Crippen molar-refractivity contribution in [2.45, 2.75) is 36.6 Å². The monoisotopic (exact) mass is 387 g/mol. The zero-order valence-corrected chi connectivity index (χ0v) is 15.8. The predicted molar refractivity (Wildman–Crippen MR) is 99.3 cm³/mol. The summed E-state index contributed by atoms with van der Waals surface area (Å²) < 4.78 is 28.0. The molecule has 142 valence electrons. The Bertz CT molecular complexity index is 954. The van der Waals surface area contributed by atoms with E-state index in [2.05, 4.69) is 10.4 Å². The lowest BCUT2D eigenvalue weighted by molar-refractivity contribution is -0.116. The van der Waals surface area contributed by atoms with Gasteiger partial charge in [-0.3, -0.25) is 4.79 Å². The molecule has 1 aliphatic carbocycles. The SMILES string of the molecule is CN(CC(=O)Nc1ccnn1C1CCCC1)S(=O)(=O)c1ccc(C#N)cc1. The van der Waals surface area contributed by atoms with Crippen LogP contribution in [0.1, 0.15) is 37.3 Å². The number of hydrogen-bond donors (Lipinski definition) is 1. The summed E-state index contributed by atoms with van der Waals surface area (Å²) in [6.45, 7) is -0.321. The average molecular weight is 387 g/mol. The second-order valence-corrected chi connectivity index (χ2v) is 8.59. The van der Waals surface area contributed by atoms with Crippen LogP contribution in [-0.4, -0.2) is 42.0 Å². The molecule has 0 saturated heterocycles. The Labute approximate surface area is 158 Å². The Balaban J connectivity index is 1.66. The summed E-state index contributed by atoms with van der Waals surface area (Å²) in [4.78, 5) is 12.4. The molecule has 8 nitrogen and oxygen atoms in total. The minimum absolute atomic E-state index is 0.0350. The van der Waals surface area contributed by atoms with Gasteiger partial charge in [-0.15, -0.1) is 0 Å². The van der Waals surface area contributed by atoms with Crippen LogP contribution in [0.4, 0.5) is 5.82 Å². The topological polar surface area (TPSA) is 108 Å². The lowest BCUT2D eigenvalue weighted by Crippen LogP contribution is -2.35. The number of rotatable bonds is 6. The molecule has 1 N–H and O–H groups in total. The van der Waals surface area contributed by atoms with Gasteiger partial charge in [0.25, 0.3) is 0 Å². The second-order valence-electron chi connectivity index (χ2n) is 6.54. The van der Waals surface area contributed by atoms with Crippen LogP contribution in [-0.2, 0) is 14.8 Å². The van der Waals surface area contributed by atoms with Gasteiger partial charge < -0.3 is 5.32 Å². The Hall–Kier alpha value is -2.70. The van der Waals surface area contributed by atoms with Gasteiger partial charge in [-0.25, -0.2) is 13.1 Å². The standard InChI is InChI=1S/C18H21N5O3S/c1-22(27(25,26)16-8-6-14(12-19)7-9-16)13-18(24)21-17-10-11-20-23(17)15-4-2-3-5-15/h6-11,15H,2-5,13H2,1H3,(H,21,24). The van der Waals surface area contributed by atoms with Crippen molar-refractivity contribution in [3.8, 4) is 6.07 Å². The highest BCUT2D eigenvalue weighted by molar-refractivity contribution is 7.89. The first-order valence-electron chi connectivity index (χ1n) is 8.71. The minimum Gasteiger partial charge on any atom is -0.310 e. The number of amides is 1. The van der Waals surface area contributed by atoms with E-state index in [1.54, 1.807) is 16.9 Å². The lowest BCUT2D eigenvalue weighted by atomic mass is 10.2. The first-order chi connectivity index (χ1) is 12.9. The first-order valence-corrected chi connectivity index (χ1v) is 10.2. The molecule has 27 heavy (non-hydrogen) atoms. The zero-order chi connectivity index (χ0) is 19.4. The fourth-order valence-electron chi connectivity index (χ4n) is 3.20. The summed E-state index contributed by atoms with van der Waals surface area (Å²) in [7, 11) is -2.47. The Morgan fingerprint density at radius 3 is 2.59 bits per heavy atom. The van der Waals surface area contributed by atoms with Gasteiger partial charge in [0.1, 0.15) is 5.82 Å². The molecular weight excluding hydrogens is 366 g/mol. The number of benzene rings is 1. The molecule has 0 atom stereocenters.